The van der Waals surface area contributed by atoms with Gasteiger partial charge in [-0.25, -0.2) is 4.79 Å². The smallest absolute Gasteiger partial charge is 0.344 e. The average molecular weight is 387 g/mol. The molecule has 27 heavy (non-hydrogen) atoms. The highest BCUT2D eigenvalue weighted by Gasteiger charge is 2.18. The van der Waals surface area contributed by atoms with E-state index in [-0.39, 0.29) is 18.6 Å². The second kappa shape index (κ2) is 7.84. The molecule has 0 aliphatic rings. The normalized spacial score (nSPS) is 10.8. The van der Waals surface area contributed by atoms with Crippen LogP contribution < -0.4 is 10.2 Å². The van der Waals surface area contributed by atoms with Crippen molar-refractivity contribution in [3.63, 3.8) is 0 Å². The molecule has 0 unspecified atom stereocenters. The number of esters is 1. The van der Waals surface area contributed by atoms with Gasteiger partial charge in [0, 0.05) is 16.1 Å². The van der Waals surface area contributed by atoms with Crippen LogP contribution in [-0.4, -0.2) is 19.2 Å². The van der Waals surface area contributed by atoms with Gasteiger partial charge in [0.25, 0.3) is 0 Å². The molecule has 5 nitrogen and oxygen atoms in total. The lowest BCUT2D eigenvalue weighted by molar-refractivity contribution is -0.145. The third kappa shape index (κ3) is 3.69. The summed E-state index contributed by atoms with van der Waals surface area (Å²) in [6, 6.07) is 10.4. The molecule has 0 aliphatic heterocycles. The van der Waals surface area contributed by atoms with Crippen molar-refractivity contribution in [2.24, 2.45) is 0 Å². The first-order valence-corrected chi connectivity index (χ1v) is 8.92. The van der Waals surface area contributed by atoms with E-state index in [9.17, 15) is 9.59 Å². The van der Waals surface area contributed by atoms with Gasteiger partial charge in [0.1, 0.15) is 17.1 Å². The molecule has 0 N–H and O–H groups in total. The molecular weight excluding hydrogens is 368 g/mol. The van der Waals surface area contributed by atoms with Crippen LogP contribution in [0.5, 0.6) is 5.75 Å². The first-order chi connectivity index (χ1) is 12.9. The molecular formula is C21H19ClO5. The van der Waals surface area contributed by atoms with Crippen LogP contribution in [0.3, 0.4) is 0 Å². The van der Waals surface area contributed by atoms with Crippen LogP contribution in [0.2, 0.25) is 5.02 Å². The number of halogens is 1. The van der Waals surface area contributed by atoms with Crippen molar-refractivity contribution in [3.8, 4) is 16.9 Å². The highest BCUT2D eigenvalue weighted by atomic mass is 35.5. The summed E-state index contributed by atoms with van der Waals surface area (Å²) in [4.78, 5) is 24.6. The molecule has 0 fully saturated rings. The average Bonchev–Trinajstić information content (AvgIpc) is 2.63. The second-order valence-corrected chi connectivity index (χ2v) is 6.41. The minimum Gasteiger partial charge on any atom is -0.481 e. The van der Waals surface area contributed by atoms with Crippen LogP contribution in [0.15, 0.2) is 45.6 Å². The molecule has 2 aromatic carbocycles. The van der Waals surface area contributed by atoms with Crippen molar-refractivity contribution in [2.75, 3.05) is 13.2 Å². The fourth-order valence-electron chi connectivity index (χ4n) is 2.95. The van der Waals surface area contributed by atoms with E-state index in [2.05, 4.69) is 0 Å². The van der Waals surface area contributed by atoms with Gasteiger partial charge in [-0.05, 0) is 39.0 Å². The van der Waals surface area contributed by atoms with E-state index in [0.29, 0.717) is 44.2 Å². The Morgan fingerprint density at radius 3 is 2.59 bits per heavy atom. The monoisotopic (exact) mass is 386 g/mol. The number of ether oxygens (including phenoxy) is 2. The van der Waals surface area contributed by atoms with Gasteiger partial charge in [-0.2, -0.15) is 0 Å². The number of fused-ring (bicyclic) bond motifs is 1. The number of aryl methyl sites for hydroxylation is 2. The number of hydrogen-bond acceptors (Lipinski definition) is 5. The third-order valence-corrected chi connectivity index (χ3v) is 4.56. The summed E-state index contributed by atoms with van der Waals surface area (Å²) in [5, 5.41) is 0.912. The molecule has 0 atom stereocenters. The second-order valence-electron chi connectivity index (χ2n) is 6.00. The lowest BCUT2D eigenvalue weighted by atomic mass is 10.0. The summed E-state index contributed by atoms with van der Waals surface area (Å²) in [5.74, 6) is 0.471. The SMILES string of the molecule is CCOC(=O)COc1ccc2c(=O)c(-c3ccccc3Cl)c(C)oc2c1C. The van der Waals surface area contributed by atoms with Crippen LogP contribution in [-0.2, 0) is 9.53 Å². The van der Waals surface area contributed by atoms with E-state index < -0.39 is 5.97 Å². The Labute approximate surface area is 161 Å². The summed E-state index contributed by atoms with van der Waals surface area (Å²) in [6.07, 6.45) is 0. The van der Waals surface area contributed by atoms with Crippen LogP contribution in [0.4, 0.5) is 0 Å². The van der Waals surface area contributed by atoms with E-state index in [4.69, 9.17) is 25.5 Å². The molecule has 140 valence electrons. The zero-order valence-electron chi connectivity index (χ0n) is 15.3. The van der Waals surface area contributed by atoms with Crippen molar-refractivity contribution < 1.29 is 18.7 Å². The van der Waals surface area contributed by atoms with E-state index in [1.807, 2.05) is 6.07 Å². The summed E-state index contributed by atoms with van der Waals surface area (Å²) < 4.78 is 16.3. The maximum absolute atomic E-state index is 13.1. The molecule has 3 rings (SSSR count). The van der Waals surface area contributed by atoms with E-state index >= 15 is 0 Å². The molecule has 0 saturated carbocycles. The maximum Gasteiger partial charge on any atom is 0.344 e. The van der Waals surface area contributed by atoms with Crippen LogP contribution in [0.25, 0.3) is 22.1 Å². The first-order valence-electron chi connectivity index (χ1n) is 8.54. The number of hydrogen-bond donors (Lipinski definition) is 0. The Balaban J connectivity index is 2.08. The van der Waals surface area contributed by atoms with Crippen LogP contribution in [0, 0.1) is 13.8 Å². The molecule has 1 heterocycles. The quantitative estimate of drug-likeness (QED) is 0.596. The fourth-order valence-corrected chi connectivity index (χ4v) is 3.18. The highest BCUT2D eigenvalue weighted by Crippen LogP contribution is 2.32. The standard InChI is InChI=1S/C21H19ClO5/c1-4-25-18(23)11-26-17-10-9-15-20(24)19(13(3)27-21(15)12(17)2)14-7-5-6-8-16(14)22/h5-10H,4,11H2,1-3H3. The first kappa shape index (κ1) is 19.0. The minimum atomic E-state index is -0.455. The molecule has 0 radical (unpaired) electrons. The molecule has 6 heteroatoms. The third-order valence-electron chi connectivity index (χ3n) is 4.23. The van der Waals surface area contributed by atoms with E-state index in [0.717, 1.165) is 0 Å². The van der Waals surface area contributed by atoms with Crippen molar-refractivity contribution in [1.29, 1.82) is 0 Å². The fraction of sp³-hybridized carbons (Fsp3) is 0.238. The number of rotatable bonds is 5. The van der Waals surface area contributed by atoms with Gasteiger partial charge in [-0.3, -0.25) is 4.79 Å². The molecule has 0 aliphatic carbocycles. The highest BCUT2D eigenvalue weighted by molar-refractivity contribution is 6.33. The largest absolute Gasteiger partial charge is 0.481 e. The zero-order chi connectivity index (χ0) is 19.6. The van der Waals surface area contributed by atoms with Crippen LogP contribution in [0.1, 0.15) is 18.2 Å². The predicted molar refractivity (Wildman–Crippen MR) is 105 cm³/mol. The Hall–Kier alpha value is -2.79. The lowest BCUT2D eigenvalue weighted by Crippen LogP contribution is -2.15. The minimum absolute atomic E-state index is 0.165. The van der Waals surface area contributed by atoms with Crippen molar-refractivity contribution in [2.45, 2.75) is 20.8 Å². The van der Waals surface area contributed by atoms with Crippen molar-refractivity contribution in [1.82, 2.24) is 0 Å². The summed E-state index contributed by atoms with van der Waals surface area (Å²) >= 11 is 6.26. The van der Waals surface area contributed by atoms with Gasteiger partial charge in [0.2, 0.25) is 5.43 Å². The lowest BCUT2D eigenvalue weighted by Gasteiger charge is -2.13. The number of benzene rings is 2. The molecule has 0 bridgehead atoms. The van der Waals surface area contributed by atoms with Gasteiger partial charge in [0.15, 0.2) is 6.61 Å². The summed E-state index contributed by atoms with van der Waals surface area (Å²) in [5.41, 5.74) is 1.97. The topological polar surface area (TPSA) is 65.7 Å². The molecule has 3 aromatic rings. The predicted octanol–water partition coefficient (Wildman–Crippen LogP) is 4.67. The Morgan fingerprint density at radius 2 is 1.89 bits per heavy atom. The van der Waals surface area contributed by atoms with Gasteiger partial charge in [-0.1, -0.05) is 29.8 Å². The summed E-state index contributed by atoms with van der Waals surface area (Å²) in [7, 11) is 0. The van der Waals surface area contributed by atoms with Gasteiger partial charge >= 0.3 is 5.97 Å². The van der Waals surface area contributed by atoms with Gasteiger partial charge in [0.05, 0.1) is 17.6 Å². The molecule has 0 spiro atoms. The summed E-state index contributed by atoms with van der Waals surface area (Å²) in [6.45, 7) is 5.32. The molecule has 0 saturated heterocycles. The molecule has 0 amide bonds. The zero-order valence-corrected chi connectivity index (χ0v) is 16.1. The van der Waals surface area contributed by atoms with E-state index in [1.165, 1.54) is 0 Å². The Bertz CT molecular complexity index is 1070. The van der Waals surface area contributed by atoms with Gasteiger partial charge < -0.3 is 13.9 Å². The number of carbonyl (C=O) groups excluding carboxylic acids is 1. The van der Waals surface area contributed by atoms with Crippen molar-refractivity contribution >= 4 is 28.5 Å². The Kier molecular flexibility index (Phi) is 5.51. The van der Waals surface area contributed by atoms with Crippen LogP contribution >= 0.6 is 11.6 Å². The van der Waals surface area contributed by atoms with Crippen molar-refractivity contribution in [3.05, 3.63) is 63.0 Å². The van der Waals surface area contributed by atoms with Gasteiger partial charge in [-0.15, -0.1) is 0 Å². The Morgan fingerprint density at radius 1 is 1.15 bits per heavy atom. The maximum atomic E-state index is 13.1. The number of carbonyl (C=O) groups is 1. The molecule has 1 aromatic heterocycles. The van der Waals surface area contributed by atoms with E-state index in [1.54, 1.807) is 51.1 Å².